The average molecular weight is 525 g/mol. The van der Waals surface area contributed by atoms with Crippen molar-refractivity contribution in [1.29, 1.82) is 0 Å². The fraction of sp³-hybridized carbons (Fsp3) is 0.562. The molecule has 0 saturated heterocycles. The third-order valence-corrected chi connectivity index (χ3v) is 6.56. The van der Waals surface area contributed by atoms with E-state index in [4.69, 9.17) is 9.47 Å². The molecule has 0 heterocycles. The molecular weight excluding hydrogens is 476 g/mol. The molecule has 0 aliphatic carbocycles. The molecule has 0 fully saturated rings. The molecule has 6 nitrogen and oxygen atoms in total. The van der Waals surface area contributed by atoms with Crippen LogP contribution in [0.4, 0.5) is 0 Å². The highest BCUT2D eigenvalue weighted by Crippen LogP contribution is 2.15. The maximum Gasteiger partial charge on any atom is 0.269 e. The average Bonchev–Trinajstić information content (AvgIpc) is 2.95. The summed E-state index contributed by atoms with van der Waals surface area (Å²) in [7, 11) is 0. The van der Waals surface area contributed by atoms with E-state index in [1.807, 2.05) is 0 Å². The van der Waals surface area contributed by atoms with E-state index >= 15 is 0 Å². The van der Waals surface area contributed by atoms with Crippen LogP contribution < -0.4 is 20.3 Å². The highest BCUT2D eigenvalue weighted by molar-refractivity contribution is 5.99. The molecule has 2 rings (SSSR count). The first-order valence-electron chi connectivity index (χ1n) is 14.7. The van der Waals surface area contributed by atoms with Gasteiger partial charge in [-0.25, -0.2) is 0 Å². The van der Waals surface area contributed by atoms with E-state index in [-0.39, 0.29) is 11.8 Å². The number of hydrogen-bond acceptors (Lipinski definition) is 4. The molecule has 0 unspecified atom stereocenters. The third kappa shape index (κ3) is 13.5. The van der Waals surface area contributed by atoms with Crippen LogP contribution in [0.5, 0.6) is 11.5 Å². The SMILES string of the molecule is CCCCCCCCCOc1ccc(C(=O)NNC(=O)c2ccc(OCCCCCCCCC)cc2)cc1. The third-order valence-electron chi connectivity index (χ3n) is 6.56. The van der Waals surface area contributed by atoms with Crippen LogP contribution in [0.15, 0.2) is 48.5 Å². The van der Waals surface area contributed by atoms with E-state index in [0.29, 0.717) is 24.3 Å². The lowest BCUT2D eigenvalue weighted by Gasteiger charge is -2.10. The number of carbonyl (C=O) groups excluding carboxylic acids is 2. The summed E-state index contributed by atoms with van der Waals surface area (Å²) in [5.74, 6) is 0.718. The zero-order valence-corrected chi connectivity index (χ0v) is 23.6. The highest BCUT2D eigenvalue weighted by Gasteiger charge is 2.10. The second-order valence-corrected chi connectivity index (χ2v) is 9.90. The van der Waals surface area contributed by atoms with Gasteiger partial charge in [0.05, 0.1) is 13.2 Å². The van der Waals surface area contributed by atoms with Crippen LogP contribution >= 0.6 is 0 Å². The number of hydrazine groups is 1. The van der Waals surface area contributed by atoms with Gasteiger partial charge in [-0.3, -0.25) is 20.4 Å². The van der Waals surface area contributed by atoms with Gasteiger partial charge in [0.1, 0.15) is 11.5 Å². The maximum absolute atomic E-state index is 12.4. The van der Waals surface area contributed by atoms with Gasteiger partial charge in [-0.05, 0) is 61.4 Å². The molecule has 2 amide bonds. The summed E-state index contributed by atoms with van der Waals surface area (Å²) in [5, 5.41) is 0. The van der Waals surface area contributed by atoms with Crippen molar-refractivity contribution in [3.05, 3.63) is 59.7 Å². The minimum atomic E-state index is -0.383. The van der Waals surface area contributed by atoms with Crippen molar-refractivity contribution in [2.24, 2.45) is 0 Å². The van der Waals surface area contributed by atoms with Gasteiger partial charge in [-0.2, -0.15) is 0 Å². The van der Waals surface area contributed by atoms with Crippen molar-refractivity contribution < 1.29 is 19.1 Å². The van der Waals surface area contributed by atoms with Crippen LogP contribution in [0, 0.1) is 0 Å². The summed E-state index contributed by atoms with van der Waals surface area (Å²) in [6, 6.07) is 13.9. The lowest BCUT2D eigenvalue weighted by molar-refractivity contribution is 0.0846. The molecule has 0 spiro atoms. The Hall–Kier alpha value is -3.02. The first-order chi connectivity index (χ1) is 18.6. The Morgan fingerprint density at radius 2 is 0.816 bits per heavy atom. The van der Waals surface area contributed by atoms with Gasteiger partial charge in [-0.1, -0.05) is 90.9 Å². The van der Waals surface area contributed by atoms with Gasteiger partial charge in [0.15, 0.2) is 0 Å². The molecule has 38 heavy (non-hydrogen) atoms. The Morgan fingerprint density at radius 3 is 1.16 bits per heavy atom. The summed E-state index contributed by atoms with van der Waals surface area (Å²) in [6.07, 6.45) is 17.4. The fourth-order valence-corrected chi connectivity index (χ4v) is 4.16. The topological polar surface area (TPSA) is 76.7 Å². The van der Waals surface area contributed by atoms with E-state index in [0.717, 1.165) is 24.3 Å². The van der Waals surface area contributed by atoms with Crippen molar-refractivity contribution in [3.8, 4) is 11.5 Å². The van der Waals surface area contributed by atoms with Gasteiger partial charge in [0.2, 0.25) is 0 Å². The second-order valence-electron chi connectivity index (χ2n) is 9.90. The molecule has 0 radical (unpaired) electrons. The molecule has 0 atom stereocenters. The lowest BCUT2D eigenvalue weighted by atomic mass is 10.1. The Morgan fingerprint density at radius 1 is 0.500 bits per heavy atom. The minimum Gasteiger partial charge on any atom is -0.494 e. The number of benzene rings is 2. The van der Waals surface area contributed by atoms with Crippen molar-refractivity contribution in [2.75, 3.05) is 13.2 Å². The van der Waals surface area contributed by atoms with E-state index in [1.165, 1.54) is 77.0 Å². The minimum absolute atomic E-state index is 0.383. The van der Waals surface area contributed by atoms with Crippen molar-refractivity contribution in [1.82, 2.24) is 10.9 Å². The van der Waals surface area contributed by atoms with Crippen molar-refractivity contribution >= 4 is 11.8 Å². The first kappa shape index (κ1) is 31.2. The standard InChI is InChI=1S/C32H48N2O4/c1-3-5-7-9-11-13-15-25-37-29-21-17-27(18-22-29)31(35)33-34-32(36)28-19-23-30(24-20-28)38-26-16-14-12-10-8-6-4-2/h17-24H,3-16,25-26H2,1-2H3,(H,33,35)(H,34,36). The smallest absolute Gasteiger partial charge is 0.269 e. The fourth-order valence-electron chi connectivity index (χ4n) is 4.16. The molecular formula is C32H48N2O4. The quantitative estimate of drug-likeness (QED) is 0.136. The number of unbranched alkanes of at least 4 members (excludes halogenated alkanes) is 12. The van der Waals surface area contributed by atoms with Crippen LogP contribution in [-0.4, -0.2) is 25.0 Å². The van der Waals surface area contributed by atoms with Crippen LogP contribution in [0.1, 0.15) is 124 Å². The van der Waals surface area contributed by atoms with Gasteiger partial charge in [0.25, 0.3) is 11.8 Å². The van der Waals surface area contributed by atoms with E-state index in [9.17, 15) is 9.59 Å². The van der Waals surface area contributed by atoms with Gasteiger partial charge < -0.3 is 9.47 Å². The largest absolute Gasteiger partial charge is 0.494 e. The molecule has 2 aromatic rings. The molecule has 0 aromatic heterocycles. The number of rotatable bonds is 20. The Labute approximate surface area is 229 Å². The lowest BCUT2D eigenvalue weighted by Crippen LogP contribution is -2.41. The van der Waals surface area contributed by atoms with Gasteiger partial charge in [0, 0.05) is 11.1 Å². The molecule has 6 heteroatoms. The predicted octanol–water partition coefficient (Wildman–Crippen LogP) is 8.02. The number of carbonyl (C=O) groups is 2. The molecule has 210 valence electrons. The van der Waals surface area contributed by atoms with Gasteiger partial charge in [-0.15, -0.1) is 0 Å². The first-order valence-corrected chi connectivity index (χ1v) is 14.7. The Balaban J connectivity index is 1.61. The normalized spacial score (nSPS) is 10.7. The van der Waals surface area contributed by atoms with Crippen LogP contribution in [0.25, 0.3) is 0 Å². The predicted molar refractivity (Wildman–Crippen MR) is 155 cm³/mol. The number of ether oxygens (including phenoxy) is 2. The van der Waals surface area contributed by atoms with Crippen LogP contribution in [0.3, 0.4) is 0 Å². The van der Waals surface area contributed by atoms with E-state index < -0.39 is 0 Å². The van der Waals surface area contributed by atoms with Gasteiger partial charge >= 0.3 is 0 Å². The molecule has 0 bridgehead atoms. The molecule has 0 aliphatic rings. The summed E-state index contributed by atoms with van der Waals surface area (Å²) >= 11 is 0. The molecule has 0 saturated carbocycles. The molecule has 0 aliphatic heterocycles. The van der Waals surface area contributed by atoms with E-state index in [1.54, 1.807) is 48.5 Å². The number of nitrogens with one attached hydrogen (secondary N) is 2. The van der Waals surface area contributed by atoms with Crippen LogP contribution in [0.2, 0.25) is 0 Å². The van der Waals surface area contributed by atoms with E-state index in [2.05, 4.69) is 24.7 Å². The van der Waals surface area contributed by atoms with Crippen molar-refractivity contribution in [3.63, 3.8) is 0 Å². The highest BCUT2D eigenvalue weighted by atomic mass is 16.5. The Bertz CT molecular complexity index is 821. The van der Waals surface area contributed by atoms with Crippen LogP contribution in [-0.2, 0) is 0 Å². The summed E-state index contributed by atoms with van der Waals surface area (Å²) in [4.78, 5) is 24.8. The second kappa shape index (κ2) is 20.0. The zero-order valence-electron chi connectivity index (χ0n) is 23.6. The number of amides is 2. The summed E-state index contributed by atoms with van der Waals surface area (Å²) in [5.41, 5.74) is 5.83. The molecule has 2 N–H and O–H groups in total. The Kier molecular flexibility index (Phi) is 16.4. The molecule has 2 aromatic carbocycles. The number of hydrogen-bond donors (Lipinski definition) is 2. The zero-order chi connectivity index (χ0) is 27.3. The monoisotopic (exact) mass is 524 g/mol. The summed E-state index contributed by atoms with van der Waals surface area (Å²) < 4.78 is 11.6. The maximum atomic E-state index is 12.4. The van der Waals surface area contributed by atoms with Crippen molar-refractivity contribution in [2.45, 2.75) is 104 Å². The summed E-state index contributed by atoms with van der Waals surface area (Å²) in [6.45, 7) is 5.82.